The molecule has 6 heteroatoms. The first kappa shape index (κ1) is 26.3. The van der Waals surface area contributed by atoms with Crippen LogP contribution in [0.3, 0.4) is 0 Å². The van der Waals surface area contributed by atoms with E-state index in [1.54, 1.807) is 24.3 Å². The van der Waals surface area contributed by atoms with Crippen LogP contribution in [0.25, 0.3) is 21.3 Å². The van der Waals surface area contributed by atoms with Gasteiger partial charge in [-0.05, 0) is 60.9 Å². The number of halogens is 1. The highest BCUT2D eigenvalue weighted by molar-refractivity contribution is 7.17. The van der Waals surface area contributed by atoms with E-state index in [-0.39, 0.29) is 12.3 Å². The number of carbonyl (C=O) groups is 1. The highest BCUT2D eigenvalue weighted by Gasteiger charge is 2.14. The summed E-state index contributed by atoms with van der Waals surface area (Å²) in [5.41, 5.74) is 4.96. The Kier molecular flexibility index (Phi) is 9.31. The predicted molar refractivity (Wildman–Crippen MR) is 145 cm³/mol. The summed E-state index contributed by atoms with van der Waals surface area (Å²) < 4.78 is 7.18. The molecule has 4 rings (SSSR count). The van der Waals surface area contributed by atoms with E-state index >= 15 is 0 Å². The number of fused-ring (bicyclic) bond motifs is 1. The molecular formula is C29H28ClNO3S. The summed E-state index contributed by atoms with van der Waals surface area (Å²) >= 11 is 7.82. The number of ether oxygens (including phenoxy) is 1. The van der Waals surface area contributed by atoms with Crippen molar-refractivity contribution in [1.29, 1.82) is 0 Å². The van der Waals surface area contributed by atoms with Crippen molar-refractivity contribution in [3.8, 4) is 28.8 Å². The Morgan fingerprint density at radius 2 is 1.89 bits per heavy atom. The van der Waals surface area contributed by atoms with Gasteiger partial charge < -0.3 is 9.84 Å². The molecule has 0 saturated heterocycles. The summed E-state index contributed by atoms with van der Waals surface area (Å²) in [5, 5.41) is 12.8. The number of nitrogens with zero attached hydrogens (tertiary/aromatic N) is 1. The average molecular weight is 506 g/mol. The lowest BCUT2D eigenvalue weighted by Crippen LogP contribution is -2.04. The summed E-state index contributed by atoms with van der Waals surface area (Å²) in [4.78, 5) is 15.6. The van der Waals surface area contributed by atoms with Gasteiger partial charge in [-0.3, -0.25) is 4.79 Å². The Hall–Kier alpha value is -3.33. The van der Waals surface area contributed by atoms with Gasteiger partial charge in [0.05, 0.1) is 18.0 Å². The minimum absolute atomic E-state index is 0.0228. The number of rotatable bonds is 7. The molecule has 35 heavy (non-hydrogen) atoms. The lowest BCUT2D eigenvalue weighted by atomic mass is 9.96. The number of carboxylic acid groups (broad SMARTS) is 1. The van der Waals surface area contributed by atoms with Crippen LogP contribution in [0.2, 0.25) is 5.15 Å². The van der Waals surface area contributed by atoms with Gasteiger partial charge in [0.2, 0.25) is 0 Å². The topological polar surface area (TPSA) is 59.4 Å². The van der Waals surface area contributed by atoms with Gasteiger partial charge in [-0.15, -0.1) is 17.3 Å². The Bertz CT molecular complexity index is 1370. The maximum atomic E-state index is 11.1. The lowest BCUT2D eigenvalue weighted by Gasteiger charge is -2.11. The summed E-state index contributed by atoms with van der Waals surface area (Å²) in [6, 6.07) is 17.6. The Labute approximate surface area is 215 Å². The predicted octanol–water partition coefficient (Wildman–Crippen LogP) is 8.11. The third-order valence-corrected chi connectivity index (χ3v) is 6.52. The monoisotopic (exact) mass is 505 g/mol. The molecule has 4 nitrogen and oxygen atoms in total. The number of benzene rings is 2. The van der Waals surface area contributed by atoms with Gasteiger partial charge in [0.1, 0.15) is 17.5 Å². The number of hydrogen-bond acceptors (Lipinski definition) is 4. The number of aryl methyl sites for hydroxylation is 1. The van der Waals surface area contributed by atoms with E-state index in [4.69, 9.17) is 21.4 Å². The standard InChI is InChI=1S/C27H22ClNO3S.C2H6/c1-3-4-20(14-26(30)31)19-7-9-21(10-8-19)32-15-18-6-11-24-22(13-18)23(16-33-24)27-17(2)5-12-25(28)29-27;1-2/h5-13,16,20H,14-15H2,1-2H3,(H,30,31);1-2H3. The summed E-state index contributed by atoms with van der Waals surface area (Å²) in [5.74, 6) is 5.30. The van der Waals surface area contributed by atoms with Crippen molar-refractivity contribution in [1.82, 2.24) is 4.98 Å². The lowest BCUT2D eigenvalue weighted by molar-refractivity contribution is -0.137. The van der Waals surface area contributed by atoms with Gasteiger partial charge in [0.25, 0.3) is 0 Å². The number of aromatic nitrogens is 1. The van der Waals surface area contributed by atoms with E-state index in [2.05, 4.69) is 40.4 Å². The van der Waals surface area contributed by atoms with E-state index in [9.17, 15) is 4.79 Å². The molecule has 0 fully saturated rings. The minimum Gasteiger partial charge on any atom is -0.489 e. The molecule has 1 unspecified atom stereocenters. The maximum absolute atomic E-state index is 11.1. The number of carboxylic acids is 1. The van der Waals surface area contributed by atoms with Crippen molar-refractivity contribution in [2.45, 2.75) is 46.6 Å². The summed E-state index contributed by atoms with van der Waals surface area (Å²) in [6.07, 6.45) is -0.0228. The third kappa shape index (κ3) is 6.63. The molecule has 0 radical (unpaired) electrons. The molecule has 2 aromatic carbocycles. The molecule has 2 aromatic heterocycles. The molecule has 0 aliphatic heterocycles. The highest BCUT2D eigenvalue weighted by atomic mass is 35.5. The van der Waals surface area contributed by atoms with Crippen LogP contribution in [0, 0.1) is 18.8 Å². The Balaban J connectivity index is 0.00000167. The van der Waals surface area contributed by atoms with E-state index in [1.807, 2.05) is 51.1 Å². The first-order valence-electron chi connectivity index (χ1n) is 11.4. The fraction of sp³-hybridized carbons (Fsp3) is 0.241. The van der Waals surface area contributed by atoms with Crippen LogP contribution >= 0.6 is 22.9 Å². The molecular weight excluding hydrogens is 478 g/mol. The van der Waals surface area contributed by atoms with Gasteiger partial charge >= 0.3 is 5.97 Å². The number of aliphatic carboxylic acids is 1. The van der Waals surface area contributed by atoms with Crippen molar-refractivity contribution < 1.29 is 14.6 Å². The van der Waals surface area contributed by atoms with Crippen molar-refractivity contribution in [2.75, 3.05) is 0 Å². The zero-order chi connectivity index (χ0) is 25.4. The van der Waals surface area contributed by atoms with E-state index in [0.29, 0.717) is 11.8 Å². The second-order valence-corrected chi connectivity index (χ2v) is 8.98. The van der Waals surface area contributed by atoms with Crippen molar-refractivity contribution in [3.05, 3.63) is 81.8 Å². The molecule has 0 aliphatic carbocycles. The maximum Gasteiger partial charge on any atom is 0.304 e. The number of pyridine rings is 1. The second-order valence-electron chi connectivity index (χ2n) is 7.68. The second kappa shape index (κ2) is 12.4. The molecule has 0 amide bonds. The van der Waals surface area contributed by atoms with Crippen LogP contribution < -0.4 is 4.74 Å². The van der Waals surface area contributed by atoms with E-state index < -0.39 is 5.97 Å². The van der Waals surface area contributed by atoms with E-state index in [1.165, 1.54) is 4.70 Å². The third-order valence-electron chi connectivity index (χ3n) is 5.34. The molecule has 1 N–H and O–H groups in total. The van der Waals surface area contributed by atoms with Gasteiger partial charge in [-0.25, -0.2) is 4.98 Å². The molecule has 0 saturated carbocycles. The molecule has 0 aliphatic rings. The highest BCUT2D eigenvalue weighted by Crippen LogP contribution is 2.36. The number of thiophene rings is 1. The van der Waals surface area contributed by atoms with E-state index in [0.717, 1.165) is 39.1 Å². The van der Waals surface area contributed by atoms with Gasteiger partial charge in [-0.1, -0.05) is 55.6 Å². The van der Waals surface area contributed by atoms with Crippen LogP contribution in [0.4, 0.5) is 0 Å². The minimum atomic E-state index is -0.866. The van der Waals surface area contributed by atoms with Crippen molar-refractivity contribution >= 4 is 39.0 Å². The van der Waals surface area contributed by atoms with Gasteiger partial charge in [0, 0.05) is 21.0 Å². The first-order valence-corrected chi connectivity index (χ1v) is 12.7. The molecule has 180 valence electrons. The van der Waals surface area contributed by atoms with Crippen LogP contribution in [0.15, 0.2) is 60.0 Å². The van der Waals surface area contributed by atoms with Crippen LogP contribution in [-0.4, -0.2) is 16.1 Å². The SMILES string of the molecule is CC.CC#CC(CC(=O)O)c1ccc(OCc2ccc3scc(-c4nc(Cl)ccc4C)c3c2)cc1. The van der Waals surface area contributed by atoms with Gasteiger partial charge in [-0.2, -0.15) is 0 Å². The molecule has 0 bridgehead atoms. The van der Waals surface area contributed by atoms with Gasteiger partial charge in [0.15, 0.2) is 0 Å². The fourth-order valence-corrected chi connectivity index (χ4v) is 4.76. The smallest absolute Gasteiger partial charge is 0.304 e. The molecule has 2 heterocycles. The largest absolute Gasteiger partial charge is 0.489 e. The van der Waals surface area contributed by atoms with Crippen molar-refractivity contribution in [3.63, 3.8) is 0 Å². The fourth-order valence-electron chi connectivity index (χ4n) is 3.69. The number of hydrogen-bond donors (Lipinski definition) is 1. The van der Waals surface area contributed by atoms with Crippen molar-refractivity contribution in [2.24, 2.45) is 0 Å². The average Bonchev–Trinajstić information content (AvgIpc) is 3.28. The quantitative estimate of drug-likeness (QED) is 0.203. The summed E-state index contributed by atoms with van der Waals surface area (Å²) in [6.45, 7) is 8.16. The Morgan fingerprint density at radius 3 is 2.57 bits per heavy atom. The zero-order valence-corrected chi connectivity index (χ0v) is 21.8. The van der Waals surface area contributed by atoms with Crippen LogP contribution in [0.5, 0.6) is 5.75 Å². The molecule has 0 spiro atoms. The Morgan fingerprint density at radius 1 is 1.14 bits per heavy atom. The normalized spacial score (nSPS) is 11.1. The molecule has 1 atom stereocenters. The van der Waals surface area contributed by atoms with Crippen LogP contribution in [-0.2, 0) is 11.4 Å². The van der Waals surface area contributed by atoms with Crippen LogP contribution in [0.1, 0.15) is 49.8 Å². The summed E-state index contributed by atoms with van der Waals surface area (Å²) in [7, 11) is 0. The first-order chi connectivity index (χ1) is 16.9. The molecule has 4 aromatic rings. The zero-order valence-electron chi connectivity index (χ0n) is 20.3.